The summed E-state index contributed by atoms with van der Waals surface area (Å²) < 4.78 is 0. The minimum Gasteiger partial charge on any atom is -0.313 e. The lowest BCUT2D eigenvalue weighted by Crippen LogP contribution is -2.37. The third-order valence-electron chi connectivity index (χ3n) is 1.87. The van der Waals surface area contributed by atoms with Gasteiger partial charge in [-0.15, -0.1) is 11.6 Å². The van der Waals surface area contributed by atoms with E-state index in [2.05, 4.69) is 44.2 Å². The zero-order valence-electron chi connectivity index (χ0n) is 9.81. The van der Waals surface area contributed by atoms with Crippen LogP contribution in [0.5, 0.6) is 0 Å². The van der Waals surface area contributed by atoms with E-state index in [1.54, 1.807) is 0 Å². The van der Waals surface area contributed by atoms with E-state index in [1.165, 1.54) is 0 Å². The first kappa shape index (κ1) is 13.9. The molecule has 0 radical (unpaired) electrons. The molecule has 0 spiro atoms. The summed E-state index contributed by atoms with van der Waals surface area (Å²) in [5, 5.41) is 3.39. The van der Waals surface area contributed by atoms with Crippen molar-refractivity contribution in [2.75, 3.05) is 39.6 Å². The van der Waals surface area contributed by atoms with Crippen molar-refractivity contribution in [1.82, 2.24) is 10.2 Å². The fourth-order valence-corrected chi connectivity index (χ4v) is 1.68. The SMILES string of the molecule is CN(C)CC(C)(C)CNC/C=C/CCl. The molecular weight excluding hydrogens is 196 g/mol. The number of halogens is 1. The third-order valence-corrected chi connectivity index (χ3v) is 2.04. The van der Waals surface area contributed by atoms with Crippen molar-refractivity contribution in [3.05, 3.63) is 12.2 Å². The highest BCUT2D eigenvalue weighted by Gasteiger charge is 2.17. The van der Waals surface area contributed by atoms with Crippen LogP contribution in [-0.4, -0.2) is 44.5 Å². The molecule has 0 aromatic heterocycles. The van der Waals surface area contributed by atoms with Gasteiger partial charge in [0.05, 0.1) is 0 Å². The van der Waals surface area contributed by atoms with Gasteiger partial charge in [0.1, 0.15) is 0 Å². The van der Waals surface area contributed by atoms with Gasteiger partial charge in [-0.2, -0.15) is 0 Å². The summed E-state index contributed by atoms with van der Waals surface area (Å²) in [7, 11) is 4.21. The second kappa shape index (κ2) is 7.27. The van der Waals surface area contributed by atoms with Crippen molar-refractivity contribution >= 4 is 11.6 Å². The van der Waals surface area contributed by atoms with Gasteiger partial charge in [-0.3, -0.25) is 0 Å². The Bertz CT molecular complexity index is 165. The standard InChI is InChI=1S/C11H23ClN2/c1-11(2,10-14(3)4)9-13-8-6-5-7-12/h5-6,13H,7-10H2,1-4H3/b6-5+. The summed E-state index contributed by atoms with van der Waals surface area (Å²) in [6.07, 6.45) is 4.03. The van der Waals surface area contributed by atoms with Crippen molar-refractivity contribution in [1.29, 1.82) is 0 Å². The quantitative estimate of drug-likeness (QED) is 0.399. The van der Waals surface area contributed by atoms with Gasteiger partial charge >= 0.3 is 0 Å². The van der Waals surface area contributed by atoms with E-state index in [9.17, 15) is 0 Å². The van der Waals surface area contributed by atoms with Gasteiger partial charge in [0, 0.05) is 25.5 Å². The van der Waals surface area contributed by atoms with E-state index in [4.69, 9.17) is 11.6 Å². The van der Waals surface area contributed by atoms with Crippen LogP contribution in [0.2, 0.25) is 0 Å². The minimum atomic E-state index is 0.318. The van der Waals surface area contributed by atoms with Gasteiger partial charge in [0.15, 0.2) is 0 Å². The largest absolute Gasteiger partial charge is 0.313 e. The van der Waals surface area contributed by atoms with Gasteiger partial charge < -0.3 is 10.2 Å². The number of hydrogen-bond donors (Lipinski definition) is 1. The molecule has 0 fully saturated rings. The molecule has 0 unspecified atom stereocenters. The number of allylic oxidation sites excluding steroid dienone is 1. The van der Waals surface area contributed by atoms with Crippen LogP contribution in [0.4, 0.5) is 0 Å². The van der Waals surface area contributed by atoms with Gasteiger partial charge in [0.2, 0.25) is 0 Å². The Hall–Kier alpha value is -0.0500. The summed E-state index contributed by atoms with van der Waals surface area (Å²) in [5.41, 5.74) is 0.318. The first-order valence-corrected chi connectivity index (χ1v) is 5.58. The van der Waals surface area contributed by atoms with E-state index < -0.39 is 0 Å². The lowest BCUT2D eigenvalue weighted by Gasteiger charge is -2.28. The molecule has 0 aliphatic carbocycles. The highest BCUT2D eigenvalue weighted by molar-refractivity contribution is 6.18. The number of alkyl halides is 1. The van der Waals surface area contributed by atoms with E-state index >= 15 is 0 Å². The van der Waals surface area contributed by atoms with Crippen LogP contribution in [0.1, 0.15) is 13.8 Å². The van der Waals surface area contributed by atoms with E-state index in [0.29, 0.717) is 11.3 Å². The Labute approximate surface area is 93.3 Å². The van der Waals surface area contributed by atoms with Crippen LogP contribution in [0.3, 0.4) is 0 Å². The molecular formula is C11H23ClN2. The second-order valence-corrected chi connectivity index (χ2v) is 4.97. The van der Waals surface area contributed by atoms with Gasteiger partial charge in [-0.1, -0.05) is 26.0 Å². The van der Waals surface area contributed by atoms with Gasteiger partial charge in [-0.05, 0) is 19.5 Å². The van der Waals surface area contributed by atoms with Crippen LogP contribution < -0.4 is 5.32 Å². The monoisotopic (exact) mass is 218 g/mol. The Morgan fingerprint density at radius 1 is 1.29 bits per heavy atom. The third kappa shape index (κ3) is 8.54. The number of nitrogens with one attached hydrogen (secondary N) is 1. The molecule has 2 nitrogen and oxygen atoms in total. The van der Waals surface area contributed by atoms with Crippen molar-refractivity contribution in [3.8, 4) is 0 Å². The molecule has 0 aliphatic heterocycles. The summed E-state index contributed by atoms with van der Waals surface area (Å²) in [5.74, 6) is 0.600. The maximum Gasteiger partial charge on any atom is 0.0404 e. The van der Waals surface area contributed by atoms with Crippen LogP contribution in [0.25, 0.3) is 0 Å². The molecule has 0 aromatic rings. The van der Waals surface area contributed by atoms with Gasteiger partial charge in [0.25, 0.3) is 0 Å². The average molecular weight is 219 g/mol. The molecule has 84 valence electrons. The fraction of sp³-hybridized carbons (Fsp3) is 0.818. The molecule has 0 rings (SSSR count). The molecule has 0 heterocycles. The molecule has 0 saturated heterocycles. The zero-order valence-corrected chi connectivity index (χ0v) is 10.6. The predicted octanol–water partition coefficient (Wildman–Crippen LogP) is 1.96. The van der Waals surface area contributed by atoms with Crippen LogP contribution >= 0.6 is 11.6 Å². The maximum absolute atomic E-state index is 5.52. The average Bonchev–Trinajstić information content (AvgIpc) is 2.01. The van der Waals surface area contributed by atoms with Crippen LogP contribution in [0.15, 0.2) is 12.2 Å². The van der Waals surface area contributed by atoms with Crippen molar-refractivity contribution in [3.63, 3.8) is 0 Å². The lowest BCUT2D eigenvalue weighted by atomic mass is 9.93. The molecule has 0 saturated carbocycles. The molecule has 0 aromatic carbocycles. The normalized spacial score (nSPS) is 13.0. The number of rotatable bonds is 7. The minimum absolute atomic E-state index is 0.318. The molecule has 14 heavy (non-hydrogen) atoms. The zero-order chi connectivity index (χ0) is 11.0. The van der Waals surface area contributed by atoms with Crippen LogP contribution in [-0.2, 0) is 0 Å². The topological polar surface area (TPSA) is 15.3 Å². The van der Waals surface area contributed by atoms with Crippen molar-refractivity contribution in [2.45, 2.75) is 13.8 Å². The van der Waals surface area contributed by atoms with E-state index in [1.807, 2.05) is 6.08 Å². The van der Waals surface area contributed by atoms with Crippen LogP contribution in [0, 0.1) is 5.41 Å². The highest BCUT2D eigenvalue weighted by Crippen LogP contribution is 2.13. The summed E-state index contributed by atoms with van der Waals surface area (Å²) in [4.78, 5) is 2.22. The molecule has 3 heteroatoms. The summed E-state index contributed by atoms with van der Waals surface area (Å²) in [6, 6.07) is 0. The maximum atomic E-state index is 5.52. The van der Waals surface area contributed by atoms with Crippen molar-refractivity contribution in [2.24, 2.45) is 5.41 Å². The smallest absolute Gasteiger partial charge is 0.0404 e. The molecule has 0 bridgehead atoms. The predicted molar refractivity (Wildman–Crippen MR) is 65.1 cm³/mol. The Morgan fingerprint density at radius 3 is 2.43 bits per heavy atom. The van der Waals surface area contributed by atoms with E-state index in [0.717, 1.165) is 19.6 Å². The number of hydrogen-bond acceptors (Lipinski definition) is 2. The first-order chi connectivity index (χ1) is 6.48. The van der Waals surface area contributed by atoms with Gasteiger partial charge in [-0.25, -0.2) is 0 Å². The Balaban J connectivity index is 3.60. The summed E-state index contributed by atoms with van der Waals surface area (Å²) >= 11 is 5.52. The molecule has 0 atom stereocenters. The molecule has 0 aliphatic rings. The number of nitrogens with zero attached hydrogens (tertiary/aromatic N) is 1. The Kier molecular flexibility index (Phi) is 7.24. The fourth-order valence-electron chi connectivity index (χ4n) is 1.55. The molecule has 0 amide bonds. The Morgan fingerprint density at radius 2 is 1.93 bits per heavy atom. The second-order valence-electron chi connectivity index (χ2n) is 4.66. The van der Waals surface area contributed by atoms with E-state index in [-0.39, 0.29) is 0 Å². The summed E-state index contributed by atoms with van der Waals surface area (Å²) in [6.45, 7) is 7.57. The lowest BCUT2D eigenvalue weighted by molar-refractivity contribution is 0.235. The highest BCUT2D eigenvalue weighted by atomic mass is 35.5. The molecule has 1 N–H and O–H groups in total. The first-order valence-electron chi connectivity index (χ1n) is 5.04. The van der Waals surface area contributed by atoms with Crippen molar-refractivity contribution < 1.29 is 0 Å².